The Hall–Kier alpha value is -3.18. The molecule has 4 rings (SSSR count). The molecule has 1 aliphatic rings. The van der Waals surface area contributed by atoms with Crippen molar-refractivity contribution in [3.8, 4) is 11.6 Å². The second-order valence-corrected chi connectivity index (χ2v) is 9.88. The normalized spacial score (nSPS) is 15.4. The highest BCUT2D eigenvalue weighted by Gasteiger charge is 2.34. The molecule has 1 fully saturated rings. The first-order valence-electron chi connectivity index (χ1n) is 10.5. The van der Waals surface area contributed by atoms with Crippen LogP contribution in [-0.2, 0) is 16.2 Å². The van der Waals surface area contributed by atoms with Crippen molar-refractivity contribution in [1.82, 2.24) is 14.3 Å². The lowest BCUT2D eigenvalue weighted by atomic mass is 10.2. The molecule has 34 heavy (non-hydrogen) atoms. The molecule has 0 amide bonds. The third-order valence-electron chi connectivity index (χ3n) is 5.41. The van der Waals surface area contributed by atoms with Crippen LogP contribution in [0.4, 0.5) is 19.0 Å². The Morgan fingerprint density at radius 3 is 2.24 bits per heavy atom. The van der Waals surface area contributed by atoms with Crippen molar-refractivity contribution in [2.45, 2.75) is 24.9 Å². The molecule has 1 saturated heterocycles. The van der Waals surface area contributed by atoms with Gasteiger partial charge in [-0.1, -0.05) is 23.8 Å². The summed E-state index contributed by atoms with van der Waals surface area (Å²) < 4.78 is 72.0. The maximum Gasteiger partial charge on any atom is 0.416 e. The fraction of sp³-hybridized carbons (Fsp3) is 0.304. The molecular formula is C23H23F3N4O3S. The highest BCUT2D eigenvalue weighted by Crippen LogP contribution is 2.31. The number of halogens is 3. The second kappa shape index (κ2) is 9.22. The number of sulfonamides is 1. The summed E-state index contributed by atoms with van der Waals surface area (Å²) in [6.07, 6.45) is -4.62. The molecule has 1 aliphatic heterocycles. The minimum atomic E-state index is -4.62. The Kier molecular flexibility index (Phi) is 6.50. The van der Waals surface area contributed by atoms with Gasteiger partial charge >= 0.3 is 6.18 Å². The summed E-state index contributed by atoms with van der Waals surface area (Å²) in [7, 11) is -4.06. The number of ether oxygens (including phenoxy) is 1. The monoisotopic (exact) mass is 492 g/mol. The maximum absolute atomic E-state index is 13.0. The van der Waals surface area contributed by atoms with Gasteiger partial charge in [0.25, 0.3) is 0 Å². The van der Waals surface area contributed by atoms with Crippen molar-refractivity contribution < 1.29 is 26.3 Å². The van der Waals surface area contributed by atoms with Gasteiger partial charge in [-0.2, -0.15) is 22.5 Å². The number of aryl methyl sites for hydroxylation is 2. The van der Waals surface area contributed by atoms with Gasteiger partial charge in [0.1, 0.15) is 17.4 Å². The van der Waals surface area contributed by atoms with Crippen molar-refractivity contribution in [2.75, 3.05) is 31.1 Å². The van der Waals surface area contributed by atoms with Crippen molar-refractivity contribution >= 4 is 15.8 Å². The van der Waals surface area contributed by atoms with E-state index < -0.39 is 21.8 Å². The van der Waals surface area contributed by atoms with E-state index in [1.54, 1.807) is 13.0 Å². The minimum absolute atomic E-state index is 0.107. The SMILES string of the molecule is Cc1ccc(Oc2cc(N3CCN(S(=O)(=O)c4cccc(C(F)(F)F)c4)CC3)nc(C)n2)cc1. The van der Waals surface area contributed by atoms with Gasteiger partial charge in [-0.25, -0.2) is 13.4 Å². The molecule has 0 unspecified atom stereocenters. The molecule has 180 valence electrons. The van der Waals surface area contributed by atoms with Crippen LogP contribution >= 0.6 is 0 Å². The van der Waals surface area contributed by atoms with Gasteiger partial charge in [-0.3, -0.25) is 0 Å². The van der Waals surface area contributed by atoms with Gasteiger partial charge in [0.05, 0.1) is 10.5 Å². The fourth-order valence-corrected chi connectivity index (χ4v) is 5.07. The summed E-state index contributed by atoms with van der Waals surface area (Å²) in [6, 6.07) is 13.0. The molecule has 0 aliphatic carbocycles. The van der Waals surface area contributed by atoms with Crippen LogP contribution in [0.1, 0.15) is 17.0 Å². The van der Waals surface area contributed by atoms with E-state index in [0.717, 1.165) is 17.7 Å². The molecule has 11 heteroatoms. The number of alkyl halides is 3. The first kappa shape index (κ1) is 24.0. The highest BCUT2D eigenvalue weighted by molar-refractivity contribution is 7.89. The molecule has 0 bridgehead atoms. The molecule has 0 spiro atoms. The average Bonchev–Trinajstić information content (AvgIpc) is 2.80. The molecule has 3 aromatic rings. The van der Waals surface area contributed by atoms with Crippen LogP contribution in [0.5, 0.6) is 11.6 Å². The summed E-state index contributed by atoms with van der Waals surface area (Å²) >= 11 is 0. The maximum atomic E-state index is 13.0. The molecule has 0 radical (unpaired) electrons. The largest absolute Gasteiger partial charge is 0.439 e. The van der Waals surface area contributed by atoms with Gasteiger partial charge in [-0.15, -0.1) is 0 Å². The molecule has 7 nitrogen and oxygen atoms in total. The first-order valence-corrected chi connectivity index (χ1v) is 12.0. The Morgan fingerprint density at radius 1 is 0.912 bits per heavy atom. The lowest BCUT2D eigenvalue weighted by molar-refractivity contribution is -0.137. The van der Waals surface area contributed by atoms with Crippen LogP contribution in [0.15, 0.2) is 59.5 Å². The highest BCUT2D eigenvalue weighted by atomic mass is 32.2. The predicted molar refractivity (Wildman–Crippen MR) is 120 cm³/mol. The Bertz CT molecular complexity index is 1270. The quantitative estimate of drug-likeness (QED) is 0.525. The molecular weight excluding hydrogens is 469 g/mol. The van der Waals surface area contributed by atoms with Gasteiger partial charge in [-0.05, 0) is 44.2 Å². The lowest BCUT2D eigenvalue weighted by Crippen LogP contribution is -2.49. The van der Waals surface area contributed by atoms with Gasteiger partial charge in [0.2, 0.25) is 15.9 Å². The topological polar surface area (TPSA) is 75.6 Å². The smallest absolute Gasteiger partial charge is 0.416 e. The van der Waals surface area contributed by atoms with E-state index in [-0.39, 0.29) is 18.0 Å². The molecule has 1 aromatic heterocycles. The first-order chi connectivity index (χ1) is 16.0. The van der Waals surface area contributed by atoms with Gasteiger partial charge in [0, 0.05) is 32.2 Å². The Morgan fingerprint density at radius 2 is 1.59 bits per heavy atom. The molecule has 2 aromatic carbocycles. The summed E-state index contributed by atoms with van der Waals surface area (Å²) in [5, 5.41) is 0. The van der Waals surface area contributed by atoms with E-state index in [1.165, 1.54) is 10.4 Å². The second-order valence-electron chi connectivity index (χ2n) is 7.94. The van der Waals surface area contributed by atoms with Crippen LogP contribution in [0.25, 0.3) is 0 Å². The number of benzene rings is 2. The number of aromatic nitrogens is 2. The van der Waals surface area contributed by atoms with Gasteiger partial charge in [0.15, 0.2) is 0 Å². The molecule has 0 saturated carbocycles. The van der Waals surface area contributed by atoms with Crippen molar-refractivity contribution in [1.29, 1.82) is 0 Å². The third kappa shape index (κ3) is 5.31. The van der Waals surface area contributed by atoms with Crippen molar-refractivity contribution in [2.24, 2.45) is 0 Å². The number of anilines is 1. The number of hydrogen-bond donors (Lipinski definition) is 0. The molecule has 0 N–H and O–H groups in total. The molecule has 2 heterocycles. The van der Waals surface area contributed by atoms with Crippen LogP contribution < -0.4 is 9.64 Å². The fourth-order valence-electron chi connectivity index (χ4n) is 3.61. The van der Waals surface area contributed by atoms with Crippen LogP contribution in [-0.4, -0.2) is 48.9 Å². The summed E-state index contributed by atoms with van der Waals surface area (Å²) in [6.45, 7) is 4.56. The van der Waals surface area contributed by atoms with Crippen molar-refractivity contribution in [3.63, 3.8) is 0 Å². The van der Waals surface area contributed by atoms with E-state index in [2.05, 4.69) is 9.97 Å². The summed E-state index contributed by atoms with van der Waals surface area (Å²) in [4.78, 5) is 10.3. The minimum Gasteiger partial charge on any atom is -0.439 e. The number of hydrogen-bond acceptors (Lipinski definition) is 6. The van der Waals surface area contributed by atoms with E-state index in [4.69, 9.17) is 4.74 Å². The zero-order valence-electron chi connectivity index (χ0n) is 18.6. The lowest BCUT2D eigenvalue weighted by Gasteiger charge is -2.34. The van der Waals surface area contributed by atoms with E-state index in [1.807, 2.05) is 36.1 Å². The average molecular weight is 493 g/mol. The molecule has 0 atom stereocenters. The van der Waals surface area contributed by atoms with Crippen molar-refractivity contribution in [3.05, 3.63) is 71.5 Å². The Balaban J connectivity index is 1.47. The number of rotatable bonds is 5. The van der Waals surface area contributed by atoms with E-state index >= 15 is 0 Å². The van der Waals surface area contributed by atoms with E-state index in [0.29, 0.717) is 42.4 Å². The standard InChI is InChI=1S/C23H23F3N4O3S/c1-16-6-8-19(9-7-16)33-22-15-21(27-17(2)28-22)29-10-12-30(13-11-29)34(31,32)20-5-3-4-18(14-20)23(24,25)26/h3-9,14-15H,10-13H2,1-2H3. The Labute approximate surface area is 195 Å². The van der Waals surface area contributed by atoms with E-state index in [9.17, 15) is 21.6 Å². The number of piperazine rings is 1. The van der Waals surface area contributed by atoms with Crippen LogP contribution in [0.3, 0.4) is 0 Å². The summed E-state index contributed by atoms with van der Waals surface area (Å²) in [5.41, 5.74) is 0.106. The summed E-state index contributed by atoms with van der Waals surface area (Å²) in [5.74, 6) is 2.08. The predicted octanol–water partition coefficient (Wildman–Crippen LogP) is 4.42. The van der Waals surface area contributed by atoms with Gasteiger partial charge < -0.3 is 9.64 Å². The van der Waals surface area contributed by atoms with Crippen LogP contribution in [0, 0.1) is 13.8 Å². The number of nitrogens with zero attached hydrogens (tertiary/aromatic N) is 4. The van der Waals surface area contributed by atoms with Crippen LogP contribution in [0.2, 0.25) is 0 Å². The third-order valence-corrected chi connectivity index (χ3v) is 7.30. The zero-order valence-corrected chi connectivity index (χ0v) is 19.4. The zero-order chi connectivity index (χ0) is 24.5.